The summed E-state index contributed by atoms with van der Waals surface area (Å²) >= 11 is 0. The summed E-state index contributed by atoms with van der Waals surface area (Å²) in [6.07, 6.45) is 2.10. The smallest absolute Gasteiger partial charge is 0.354 e. The summed E-state index contributed by atoms with van der Waals surface area (Å²) in [4.78, 5) is 1.63. The van der Waals surface area contributed by atoms with Gasteiger partial charge in [-0.05, 0) is 5.56 Å². The Hall–Kier alpha value is -1.86. The minimum absolute atomic E-state index is 0.642. The van der Waals surface area contributed by atoms with Crippen LogP contribution < -0.4 is 0 Å². The van der Waals surface area contributed by atoms with Gasteiger partial charge in [-0.1, -0.05) is 34.2 Å². The zero-order valence-corrected chi connectivity index (χ0v) is 13.6. The number of benzene rings is 1. The molecule has 1 aliphatic rings. The third-order valence-electron chi connectivity index (χ3n) is 2.72. The second-order valence-electron chi connectivity index (χ2n) is 4.44. The maximum Gasteiger partial charge on any atom is 0.522 e. The lowest BCUT2D eigenvalue weighted by atomic mass is 10.2. The molecule has 1 aliphatic heterocycles. The Morgan fingerprint density at radius 2 is 1.50 bits per heavy atom. The number of hydrogen-bond donors (Lipinski definition) is 1. The van der Waals surface area contributed by atoms with Crippen LogP contribution in [-0.2, 0) is 20.5 Å². The van der Waals surface area contributed by atoms with E-state index in [2.05, 4.69) is 0 Å². The molecular weight excluding hydrogens is 380 g/mol. The van der Waals surface area contributed by atoms with E-state index in [4.69, 9.17) is 13.0 Å². The van der Waals surface area contributed by atoms with Gasteiger partial charge >= 0.3 is 26.0 Å². The molecular formula is C11H12F4N2O5S2. The van der Waals surface area contributed by atoms with E-state index in [0.29, 0.717) is 4.31 Å². The molecule has 0 saturated carbocycles. The van der Waals surface area contributed by atoms with Gasteiger partial charge in [0.25, 0.3) is 0 Å². The van der Waals surface area contributed by atoms with Crippen LogP contribution in [0.1, 0.15) is 11.7 Å². The lowest BCUT2D eigenvalue weighted by molar-refractivity contribution is -0.0510. The average molecular weight is 392 g/mol. The first kappa shape index (κ1) is 20.2. The Labute approximate surface area is 135 Å². The second kappa shape index (κ2) is 6.94. The molecule has 1 atom stereocenters. The van der Waals surface area contributed by atoms with E-state index in [1.807, 2.05) is 6.07 Å². The molecule has 0 bridgehead atoms. The maximum absolute atomic E-state index is 13.0. The van der Waals surface area contributed by atoms with Crippen molar-refractivity contribution in [2.45, 2.75) is 11.7 Å². The molecule has 1 unspecified atom stereocenters. The van der Waals surface area contributed by atoms with E-state index >= 15 is 0 Å². The molecule has 0 radical (unpaired) electrons. The quantitative estimate of drug-likeness (QED) is 0.358. The summed E-state index contributed by atoms with van der Waals surface area (Å²) in [6, 6.07) is 8.90. The molecule has 0 amide bonds. The third-order valence-corrected chi connectivity index (χ3v) is 4.13. The van der Waals surface area contributed by atoms with Crippen LogP contribution in [0.3, 0.4) is 0 Å². The summed E-state index contributed by atoms with van der Waals surface area (Å²) in [5.74, 6) is 0. The predicted molar refractivity (Wildman–Crippen MR) is 75.6 cm³/mol. The fraction of sp³-hybridized carbons (Fsp3) is 0.273. The maximum atomic E-state index is 13.0. The lowest BCUT2D eigenvalue weighted by Gasteiger charge is -2.27. The molecule has 1 heterocycles. The van der Waals surface area contributed by atoms with Crippen molar-refractivity contribution in [2.75, 3.05) is 7.05 Å². The number of alkyl halides is 3. The third kappa shape index (κ3) is 5.07. The summed E-state index contributed by atoms with van der Waals surface area (Å²) in [5, 5.41) is 0. The van der Waals surface area contributed by atoms with Gasteiger partial charge in [-0.15, -0.1) is 0 Å². The van der Waals surface area contributed by atoms with E-state index in [-0.39, 0.29) is 0 Å². The molecule has 0 aromatic heterocycles. The average Bonchev–Trinajstić information content (AvgIpc) is 2.80. The Kier molecular flexibility index (Phi) is 5.84. The van der Waals surface area contributed by atoms with Gasteiger partial charge in [0, 0.05) is 19.4 Å². The molecule has 24 heavy (non-hydrogen) atoms. The molecule has 1 N–H and O–H groups in total. The zero-order valence-electron chi connectivity index (χ0n) is 11.9. The Morgan fingerprint density at radius 3 is 1.88 bits per heavy atom. The van der Waals surface area contributed by atoms with Gasteiger partial charge in [0.2, 0.25) is 0 Å². The predicted octanol–water partition coefficient (Wildman–Crippen LogP) is 2.01. The summed E-state index contributed by atoms with van der Waals surface area (Å²) in [6.45, 7) is 0. The van der Waals surface area contributed by atoms with Crippen molar-refractivity contribution in [2.24, 2.45) is 0 Å². The van der Waals surface area contributed by atoms with Gasteiger partial charge in [-0.3, -0.25) is 4.55 Å². The number of nitrogens with zero attached hydrogens (tertiary/aromatic N) is 2. The van der Waals surface area contributed by atoms with Crippen molar-refractivity contribution >= 4 is 20.5 Å². The van der Waals surface area contributed by atoms with Gasteiger partial charge in [0.15, 0.2) is 0 Å². The summed E-state index contributed by atoms with van der Waals surface area (Å²) < 4.78 is 93.2. The number of hydrogen-bond acceptors (Lipinski definition) is 5. The minimum atomic E-state index is -5.84. The van der Waals surface area contributed by atoms with Crippen molar-refractivity contribution in [3.63, 3.8) is 0 Å². The standard InChI is InChI=1S/C10H11FN2O2S.CHF3O3S/c1-12-7-8-13(16(11,14)15)10(12)9-5-3-2-4-6-9;2-1(3,4)8(5,6)7/h2-8,10H,1H3;(H,5,6,7). The van der Waals surface area contributed by atoms with E-state index in [9.17, 15) is 25.5 Å². The first-order valence-electron chi connectivity index (χ1n) is 5.97. The van der Waals surface area contributed by atoms with Gasteiger partial charge in [-0.2, -0.15) is 30.0 Å². The normalized spacial score (nSPS) is 18.3. The van der Waals surface area contributed by atoms with Crippen LogP contribution >= 0.6 is 0 Å². The van der Waals surface area contributed by atoms with Crippen molar-refractivity contribution < 1.29 is 38.4 Å². The van der Waals surface area contributed by atoms with Crippen LogP contribution in [0.2, 0.25) is 0 Å². The van der Waals surface area contributed by atoms with Gasteiger partial charge < -0.3 is 4.90 Å². The van der Waals surface area contributed by atoms with Crippen molar-refractivity contribution in [3.8, 4) is 0 Å². The molecule has 0 saturated heterocycles. The van der Waals surface area contributed by atoms with Gasteiger partial charge in [-0.25, -0.2) is 4.31 Å². The number of halogens is 4. The highest BCUT2D eigenvalue weighted by Gasteiger charge is 2.44. The highest BCUT2D eigenvalue weighted by Crippen LogP contribution is 2.32. The Bertz CT molecular complexity index is 793. The molecule has 2 rings (SSSR count). The van der Waals surface area contributed by atoms with Crippen LogP contribution in [0.4, 0.5) is 17.1 Å². The zero-order chi connectivity index (χ0) is 18.8. The van der Waals surface area contributed by atoms with Crippen LogP contribution in [0, 0.1) is 0 Å². The Balaban J connectivity index is 0.000000307. The van der Waals surface area contributed by atoms with Crippen LogP contribution in [0.25, 0.3) is 0 Å². The lowest BCUT2D eigenvalue weighted by Crippen LogP contribution is -2.30. The summed E-state index contributed by atoms with van der Waals surface area (Å²) in [7, 11) is -8.87. The number of rotatable bonds is 2. The van der Waals surface area contributed by atoms with Gasteiger partial charge in [0.05, 0.1) is 0 Å². The first-order chi connectivity index (χ1) is 10.7. The highest BCUT2D eigenvalue weighted by molar-refractivity contribution is 7.86. The Morgan fingerprint density at radius 1 is 1.04 bits per heavy atom. The fourth-order valence-corrected chi connectivity index (χ4v) is 2.42. The summed E-state index contributed by atoms with van der Waals surface area (Å²) in [5.41, 5.74) is -4.82. The monoisotopic (exact) mass is 392 g/mol. The van der Waals surface area contributed by atoms with Crippen molar-refractivity contribution in [1.29, 1.82) is 0 Å². The fourth-order valence-electron chi connectivity index (χ4n) is 1.71. The van der Waals surface area contributed by atoms with Crippen molar-refractivity contribution in [1.82, 2.24) is 9.21 Å². The molecule has 1 aromatic carbocycles. The van der Waals surface area contributed by atoms with E-state index in [1.54, 1.807) is 36.2 Å². The molecule has 13 heteroatoms. The van der Waals surface area contributed by atoms with E-state index < -0.39 is 32.2 Å². The largest absolute Gasteiger partial charge is 0.522 e. The SMILES string of the molecule is CN1C=CN(S(=O)(=O)F)C1c1ccccc1.O=S(=O)(O)C(F)(F)F. The molecule has 7 nitrogen and oxygen atoms in total. The molecule has 0 spiro atoms. The first-order valence-corrected chi connectivity index (χ1v) is 8.75. The van der Waals surface area contributed by atoms with E-state index in [0.717, 1.165) is 5.56 Å². The van der Waals surface area contributed by atoms with Crippen LogP contribution in [-0.4, -0.2) is 43.1 Å². The van der Waals surface area contributed by atoms with Gasteiger partial charge in [0.1, 0.15) is 6.17 Å². The topological polar surface area (TPSA) is 95.0 Å². The molecule has 0 fully saturated rings. The van der Waals surface area contributed by atoms with E-state index in [1.165, 1.54) is 12.4 Å². The highest BCUT2D eigenvalue weighted by atomic mass is 32.3. The second-order valence-corrected chi connectivity index (χ2v) is 7.10. The molecule has 136 valence electrons. The van der Waals surface area contributed by atoms with Crippen LogP contribution in [0.5, 0.6) is 0 Å². The van der Waals surface area contributed by atoms with Crippen molar-refractivity contribution in [3.05, 3.63) is 48.3 Å². The molecule has 1 aromatic rings. The van der Waals surface area contributed by atoms with Crippen LogP contribution in [0.15, 0.2) is 42.7 Å². The molecule has 0 aliphatic carbocycles. The minimum Gasteiger partial charge on any atom is -0.354 e.